The van der Waals surface area contributed by atoms with Crippen LogP contribution < -0.4 is 11.1 Å². The molecule has 0 unspecified atom stereocenters. The van der Waals surface area contributed by atoms with E-state index in [9.17, 15) is 4.79 Å². The Labute approximate surface area is 160 Å². The molecule has 1 amide bonds. The summed E-state index contributed by atoms with van der Waals surface area (Å²) in [5.41, 5.74) is 11.7. The minimum absolute atomic E-state index is 0.0352. The number of halogens is 1. The summed E-state index contributed by atoms with van der Waals surface area (Å²) in [6.07, 6.45) is -0.517. The van der Waals surface area contributed by atoms with Crippen molar-refractivity contribution in [2.24, 2.45) is 0 Å². The van der Waals surface area contributed by atoms with E-state index >= 15 is 0 Å². The predicted molar refractivity (Wildman–Crippen MR) is 107 cm³/mol. The van der Waals surface area contributed by atoms with Gasteiger partial charge in [-0.25, -0.2) is 4.79 Å². The van der Waals surface area contributed by atoms with Gasteiger partial charge in [-0.05, 0) is 40.5 Å². The highest BCUT2D eigenvalue weighted by Gasteiger charge is 2.29. The van der Waals surface area contributed by atoms with E-state index in [0.29, 0.717) is 11.4 Å². The van der Waals surface area contributed by atoms with Crippen LogP contribution in [-0.4, -0.2) is 12.7 Å². The Morgan fingerprint density at radius 2 is 1.62 bits per heavy atom. The average molecular weight is 409 g/mol. The fourth-order valence-electron chi connectivity index (χ4n) is 3.38. The maximum atomic E-state index is 12.3. The average Bonchev–Trinajstić information content (AvgIpc) is 2.97. The Bertz CT molecular complexity index is 942. The highest BCUT2D eigenvalue weighted by Crippen LogP contribution is 2.44. The van der Waals surface area contributed by atoms with E-state index < -0.39 is 6.09 Å². The molecule has 3 N–H and O–H groups in total. The van der Waals surface area contributed by atoms with Gasteiger partial charge >= 0.3 is 6.09 Å². The number of hydrogen-bond donors (Lipinski definition) is 2. The van der Waals surface area contributed by atoms with E-state index in [2.05, 4.69) is 45.5 Å². The van der Waals surface area contributed by atoms with Crippen molar-refractivity contribution >= 4 is 33.4 Å². The third-order valence-corrected chi connectivity index (χ3v) is 5.09. The molecule has 3 aromatic carbocycles. The molecule has 0 bridgehead atoms. The lowest BCUT2D eigenvalue weighted by molar-refractivity contribution is 0.158. The van der Waals surface area contributed by atoms with Crippen molar-refractivity contribution in [3.05, 3.63) is 82.3 Å². The monoisotopic (exact) mass is 408 g/mol. The zero-order chi connectivity index (χ0) is 18.1. The Morgan fingerprint density at radius 1 is 1.00 bits per heavy atom. The molecule has 0 heterocycles. The van der Waals surface area contributed by atoms with Crippen LogP contribution in [0.1, 0.15) is 17.0 Å². The third-order valence-electron chi connectivity index (χ3n) is 4.60. The van der Waals surface area contributed by atoms with Gasteiger partial charge in [0.1, 0.15) is 6.61 Å². The lowest BCUT2D eigenvalue weighted by Gasteiger charge is -2.15. The number of nitrogens with two attached hydrogens (primary N) is 1. The van der Waals surface area contributed by atoms with Crippen molar-refractivity contribution in [3.8, 4) is 11.1 Å². The number of rotatable bonds is 3. The van der Waals surface area contributed by atoms with Gasteiger partial charge in [-0.2, -0.15) is 0 Å². The number of benzene rings is 3. The first kappa shape index (κ1) is 16.7. The maximum absolute atomic E-state index is 12.3. The molecule has 0 atom stereocenters. The quantitative estimate of drug-likeness (QED) is 0.570. The van der Waals surface area contributed by atoms with E-state index in [-0.39, 0.29) is 12.5 Å². The van der Waals surface area contributed by atoms with Gasteiger partial charge in [0.15, 0.2) is 0 Å². The van der Waals surface area contributed by atoms with Gasteiger partial charge in [0, 0.05) is 10.4 Å². The lowest BCUT2D eigenvalue weighted by atomic mass is 9.98. The molecular weight excluding hydrogens is 392 g/mol. The molecule has 3 aromatic rings. The van der Waals surface area contributed by atoms with Gasteiger partial charge in [0.05, 0.1) is 11.4 Å². The molecule has 4 rings (SSSR count). The summed E-state index contributed by atoms with van der Waals surface area (Å²) in [6.45, 7) is 0.272. The molecular formula is C21H17BrN2O2. The molecule has 0 radical (unpaired) electrons. The summed E-state index contributed by atoms with van der Waals surface area (Å²) in [4.78, 5) is 12.3. The summed E-state index contributed by atoms with van der Waals surface area (Å²) in [7, 11) is 0. The summed E-state index contributed by atoms with van der Waals surface area (Å²) >= 11 is 3.37. The second-order valence-electron chi connectivity index (χ2n) is 6.18. The molecule has 5 heteroatoms. The zero-order valence-electron chi connectivity index (χ0n) is 13.9. The van der Waals surface area contributed by atoms with Crippen molar-refractivity contribution in [2.45, 2.75) is 5.92 Å². The Hall–Kier alpha value is -2.79. The second-order valence-corrected chi connectivity index (χ2v) is 7.10. The molecule has 0 fully saturated rings. The Balaban J connectivity index is 1.51. The van der Waals surface area contributed by atoms with Crippen LogP contribution in [0.5, 0.6) is 0 Å². The molecule has 1 aliphatic rings. The van der Waals surface area contributed by atoms with Crippen molar-refractivity contribution in [2.75, 3.05) is 17.7 Å². The summed E-state index contributed by atoms with van der Waals surface area (Å²) in [6, 6.07) is 21.8. The molecule has 0 spiro atoms. The number of amides is 1. The third kappa shape index (κ3) is 3.06. The van der Waals surface area contributed by atoms with Crippen LogP contribution in [0.15, 0.2) is 71.2 Å². The predicted octanol–water partition coefficient (Wildman–Crippen LogP) is 5.39. The van der Waals surface area contributed by atoms with E-state index in [1.807, 2.05) is 30.3 Å². The number of fused-ring (bicyclic) bond motifs is 3. The van der Waals surface area contributed by atoms with Gasteiger partial charge < -0.3 is 10.5 Å². The van der Waals surface area contributed by atoms with E-state index in [0.717, 1.165) is 4.47 Å². The van der Waals surface area contributed by atoms with Gasteiger partial charge in [0.2, 0.25) is 0 Å². The van der Waals surface area contributed by atoms with E-state index in [1.54, 1.807) is 12.1 Å². The zero-order valence-corrected chi connectivity index (χ0v) is 15.5. The van der Waals surface area contributed by atoms with Crippen LogP contribution in [0.3, 0.4) is 0 Å². The van der Waals surface area contributed by atoms with E-state index in [1.165, 1.54) is 22.3 Å². The normalized spacial score (nSPS) is 12.3. The van der Waals surface area contributed by atoms with Crippen molar-refractivity contribution < 1.29 is 9.53 Å². The first-order valence-electron chi connectivity index (χ1n) is 8.30. The molecule has 1 aliphatic carbocycles. The molecule has 0 aromatic heterocycles. The van der Waals surface area contributed by atoms with E-state index in [4.69, 9.17) is 10.5 Å². The lowest BCUT2D eigenvalue weighted by Crippen LogP contribution is -2.18. The van der Waals surface area contributed by atoms with Gasteiger partial charge in [-0.3, -0.25) is 5.32 Å². The second kappa shape index (κ2) is 6.84. The van der Waals surface area contributed by atoms with Crippen molar-refractivity contribution in [1.29, 1.82) is 0 Å². The Morgan fingerprint density at radius 3 is 2.27 bits per heavy atom. The van der Waals surface area contributed by atoms with Crippen LogP contribution in [0.25, 0.3) is 11.1 Å². The van der Waals surface area contributed by atoms with Crippen LogP contribution in [0.2, 0.25) is 0 Å². The fraction of sp³-hybridized carbons (Fsp3) is 0.0952. The number of ether oxygens (including phenoxy) is 1. The van der Waals surface area contributed by atoms with Crippen molar-refractivity contribution in [3.63, 3.8) is 0 Å². The van der Waals surface area contributed by atoms with Gasteiger partial charge in [0.25, 0.3) is 0 Å². The molecule has 0 saturated heterocycles. The summed E-state index contributed by atoms with van der Waals surface area (Å²) in [5.74, 6) is 0.0352. The Kier molecular flexibility index (Phi) is 4.39. The highest BCUT2D eigenvalue weighted by molar-refractivity contribution is 9.10. The number of carbonyl (C=O) groups excluding carboxylic acids is 1. The highest BCUT2D eigenvalue weighted by atomic mass is 79.9. The fourth-order valence-corrected chi connectivity index (χ4v) is 3.74. The number of hydrogen-bond acceptors (Lipinski definition) is 3. The smallest absolute Gasteiger partial charge is 0.411 e. The number of nitrogen functional groups attached to an aromatic ring is 1. The number of anilines is 2. The molecule has 0 saturated carbocycles. The molecule has 130 valence electrons. The minimum Gasteiger partial charge on any atom is -0.448 e. The van der Waals surface area contributed by atoms with Crippen LogP contribution >= 0.6 is 15.9 Å². The maximum Gasteiger partial charge on any atom is 0.411 e. The van der Waals surface area contributed by atoms with Crippen LogP contribution in [-0.2, 0) is 4.74 Å². The standard InChI is InChI=1S/C21H17BrN2O2/c22-13-9-10-19(23)20(11-13)24-21(25)26-12-18-16-7-3-1-5-14(16)15-6-2-4-8-17(15)18/h1-11,18H,12,23H2,(H,24,25). The van der Waals surface area contributed by atoms with Gasteiger partial charge in [-0.15, -0.1) is 0 Å². The molecule has 4 nitrogen and oxygen atoms in total. The SMILES string of the molecule is Nc1ccc(Br)cc1NC(=O)OCC1c2ccccc2-c2ccccc21. The summed E-state index contributed by atoms with van der Waals surface area (Å²) < 4.78 is 6.35. The largest absolute Gasteiger partial charge is 0.448 e. The molecule has 0 aliphatic heterocycles. The van der Waals surface area contributed by atoms with Crippen LogP contribution in [0, 0.1) is 0 Å². The number of carbonyl (C=O) groups is 1. The summed E-state index contributed by atoms with van der Waals surface area (Å²) in [5, 5.41) is 2.71. The first-order chi connectivity index (χ1) is 12.6. The number of nitrogens with one attached hydrogen (secondary N) is 1. The van der Waals surface area contributed by atoms with Crippen molar-refractivity contribution in [1.82, 2.24) is 0 Å². The first-order valence-corrected chi connectivity index (χ1v) is 9.10. The minimum atomic E-state index is -0.517. The topological polar surface area (TPSA) is 64.3 Å². The van der Waals surface area contributed by atoms with Crippen LogP contribution in [0.4, 0.5) is 16.2 Å². The molecule has 26 heavy (non-hydrogen) atoms. The van der Waals surface area contributed by atoms with Gasteiger partial charge in [-0.1, -0.05) is 64.5 Å².